The lowest BCUT2D eigenvalue weighted by atomic mass is 9.75. The molecular formula is C56H42O2. The highest BCUT2D eigenvalue weighted by Gasteiger charge is 2.29. The second kappa shape index (κ2) is 11.5. The van der Waals surface area contributed by atoms with E-state index in [4.69, 9.17) is 9.47 Å². The van der Waals surface area contributed by atoms with Gasteiger partial charge in [-0.2, -0.15) is 0 Å². The molecule has 2 heteroatoms. The molecule has 278 valence electrons. The molecule has 2 aliphatic rings. The highest BCUT2D eigenvalue weighted by atomic mass is 16.5. The quantitative estimate of drug-likeness (QED) is 0.164. The molecule has 2 heterocycles. The Morgan fingerprint density at radius 2 is 0.810 bits per heavy atom. The maximum atomic E-state index is 6.73. The Morgan fingerprint density at radius 1 is 0.310 bits per heavy atom. The average molecular weight is 747 g/mol. The predicted molar refractivity (Wildman–Crippen MR) is 244 cm³/mol. The van der Waals surface area contributed by atoms with E-state index in [-0.39, 0.29) is 10.8 Å². The third-order valence-corrected chi connectivity index (χ3v) is 12.9. The van der Waals surface area contributed by atoms with Crippen molar-refractivity contribution >= 4 is 53.9 Å². The summed E-state index contributed by atoms with van der Waals surface area (Å²) in [6.45, 7) is 14.1. The largest absolute Gasteiger partial charge is 0.456 e. The van der Waals surface area contributed by atoms with Crippen molar-refractivity contribution in [2.45, 2.75) is 52.4 Å². The molecule has 0 aliphatic carbocycles. The lowest BCUT2D eigenvalue weighted by Crippen LogP contribution is -2.14. The summed E-state index contributed by atoms with van der Waals surface area (Å²) in [4.78, 5) is 0. The molecule has 2 nitrogen and oxygen atoms in total. The molecule has 0 atom stereocenters. The van der Waals surface area contributed by atoms with Crippen LogP contribution in [0.5, 0.6) is 23.0 Å². The van der Waals surface area contributed by atoms with Crippen LogP contribution in [0.2, 0.25) is 0 Å². The fourth-order valence-electron chi connectivity index (χ4n) is 10.2. The fraction of sp³-hybridized carbons (Fsp3) is 0.143. The van der Waals surface area contributed by atoms with Gasteiger partial charge in [0.15, 0.2) is 0 Å². The van der Waals surface area contributed by atoms with E-state index in [1.165, 1.54) is 92.8 Å². The molecule has 0 aromatic heterocycles. The minimum Gasteiger partial charge on any atom is -0.456 e. The third-order valence-electron chi connectivity index (χ3n) is 12.9. The first kappa shape index (κ1) is 33.5. The van der Waals surface area contributed by atoms with E-state index in [9.17, 15) is 0 Å². The van der Waals surface area contributed by atoms with Crippen LogP contribution in [0.15, 0.2) is 146 Å². The molecule has 0 unspecified atom stereocenters. The number of fused-ring (bicyclic) bond motifs is 4. The van der Waals surface area contributed by atoms with E-state index >= 15 is 0 Å². The van der Waals surface area contributed by atoms with Crippen LogP contribution < -0.4 is 9.47 Å². The molecule has 0 bridgehead atoms. The molecule has 12 rings (SSSR count). The van der Waals surface area contributed by atoms with Crippen LogP contribution in [-0.4, -0.2) is 0 Å². The summed E-state index contributed by atoms with van der Waals surface area (Å²) in [6, 6.07) is 53.8. The minimum absolute atomic E-state index is 0.0987. The van der Waals surface area contributed by atoms with Gasteiger partial charge < -0.3 is 9.47 Å². The van der Waals surface area contributed by atoms with E-state index in [1.54, 1.807) is 0 Å². The molecule has 10 aromatic carbocycles. The monoisotopic (exact) mass is 746 g/mol. The molecule has 2 aliphatic heterocycles. The van der Waals surface area contributed by atoms with Crippen LogP contribution in [0.25, 0.3) is 98.4 Å². The van der Waals surface area contributed by atoms with E-state index < -0.39 is 0 Å². The summed E-state index contributed by atoms with van der Waals surface area (Å²) in [5, 5.41) is 12.6. The number of hydrogen-bond donors (Lipinski definition) is 0. The van der Waals surface area contributed by atoms with Crippen LogP contribution in [0.1, 0.15) is 52.7 Å². The van der Waals surface area contributed by atoms with Gasteiger partial charge in [0, 0.05) is 21.9 Å². The molecule has 58 heavy (non-hydrogen) atoms. The maximum Gasteiger partial charge on any atom is 0.135 e. The normalized spacial score (nSPS) is 13.3. The molecular weight excluding hydrogens is 705 g/mol. The van der Waals surface area contributed by atoms with Crippen molar-refractivity contribution < 1.29 is 9.47 Å². The Labute approximate surface area is 338 Å². The molecule has 0 radical (unpaired) electrons. The van der Waals surface area contributed by atoms with Crippen LogP contribution in [0, 0.1) is 0 Å². The van der Waals surface area contributed by atoms with E-state index in [0.717, 1.165) is 39.7 Å². The zero-order valence-corrected chi connectivity index (χ0v) is 33.7. The maximum absolute atomic E-state index is 6.73. The van der Waals surface area contributed by atoms with Gasteiger partial charge in [-0.05, 0) is 141 Å². The van der Waals surface area contributed by atoms with Gasteiger partial charge in [-0.15, -0.1) is 0 Å². The van der Waals surface area contributed by atoms with Crippen molar-refractivity contribution in [3.63, 3.8) is 0 Å². The number of rotatable bonds is 2. The molecule has 0 amide bonds. The first-order chi connectivity index (χ1) is 28.0. The number of para-hydroxylation sites is 1. The van der Waals surface area contributed by atoms with Gasteiger partial charge in [-0.3, -0.25) is 0 Å². The first-order valence-electron chi connectivity index (χ1n) is 20.5. The van der Waals surface area contributed by atoms with Crippen LogP contribution in [0.4, 0.5) is 0 Å². The Kier molecular flexibility index (Phi) is 6.63. The Bertz CT molecular complexity index is 3400. The summed E-state index contributed by atoms with van der Waals surface area (Å²) in [5.41, 5.74) is 12.1. The molecule has 0 saturated heterocycles. The van der Waals surface area contributed by atoms with Crippen molar-refractivity contribution in [1.29, 1.82) is 0 Å². The SMILES string of the molecule is CC(C)(C)c1cc(-c2ccc3c(c2)Oc2cccc4cccc-3c24)c2ccc3c(C(C)(C)C)cc(-c4ccc5c6c(cccc46)Oc4ccccc4-5)c4ccc1c2c43. The van der Waals surface area contributed by atoms with Crippen molar-refractivity contribution in [1.82, 2.24) is 0 Å². The van der Waals surface area contributed by atoms with Gasteiger partial charge in [-0.25, -0.2) is 0 Å². The predicted octanol–water partition coefficient (Wildman–Crippen LogP) is 16.4. The van der Waals surface area contributed by atoms with Crippen LogP contribution in [-0.2, 0) is 10.8 Å². The smallest absolute Gasteiger partial charge is 0.135 e. The van der Waals surface area contributed by atoms with Gasteiger partial charge in [-0.1, -0.05) is 145 Å². The Balaban J connectivity index is 1.16. The summed E-state index contributed by atoms with van der Waals surface area (Å²) >= 11 is 0. The average Bonchev–Trinajstić information content (AvgIpc) is 3.22. The van der Waals surface area contributed by atoms with E-state index in [0.29, 0.717) is 0 Å². The van der Waals surface area contributed by atoms with Gasteiger partial charge in [0.05, 0.1) is 0 Å². The van der Waals surface area contributed by atoms with E-state index in [2.05, 4.69) is 181 Å². The summed E-state index contributed by atoms with van der Waals surface area (Å²) in [7, 11) is 0. The number of ether oxygens (including phenoxy) is 2. The van der Waals surface area contributed by atoms with Gasteiger partial charge in [0.25, 0.3) is 0 Å². The minimum atomic E-state index is -0.101. The lowest BCUT2D eigenvalue weighted by molar-refractivity contribution is 0.487. The van der Waals surface area contributed by atoms with Crippen molar-refractivity contribution in [3.8, 4) is 67.5 Å². The fourth-order valence-corrected chi connectivity index (χ4v) is 10.2. The van der Waals surface area contributed by atoms with Gasteiger partial charge >= 0.3 is 0 Å². The lowest BCUT2D eigenvalue weighted by Gasteiger charge is -2.29. The Hall–Kier alpha value is -6.64. The van der Waals surface area contributed by atoms with Gasteiger partial charge in [0.1, 0.15) is 23.0 Å². The number of hydrogen-bond acceptors (Lipinski definition) is 2. The summed E-state index contributed by atoms with van der Waals surface area (Å²) < 4.78 is 13.3. The molecule has 0 saturated carbocycles. The third kappa shape index (κ3) is 4.60. The summed E-state index contributed by atoms with van der Waals surface area (Å²) in [6.07, 6.45) is 0. The summed E-state index contributed by atoms with van der Waals surface area (Å²) in [5.74, 6) is 3.64. The van der Waals surface area contributed by atoms with Crippen molar-refractivity contribution in [2.75, 3.05) is 0 Å². The van der Waals surface area contributed by atoms with Crippen LogP contribution >= 0.6 is 0 Å². The van der Waals surface area contributed by atoms with Crippen LogP contribution in [0.3, 0.4) is 0 Å². The van der Waals surface area contributed by atoms with Crippen molar-refractivity contribution in [2.24, 2.45) is 0 Å². The second-order valence-corrected chi connectivity index (χ2v) is 18.4. The van der Waals surface area contributed by atoms with E-state index in [1.807, 2.05) is 6.07 Å². The topological polar surface area (TPSA) is 18.5 Å². The second-order valence-electron chi connectivity index (χ2n) is 18.4. The highest BCUT2D eigenvalue weighted by molar-refractivity contribution is 6.30. The zero-order valence-electron chi connectivity index (χ0n) is 33.7. The molecule has 0 spiro atoms. The van der Waals surface area contributed by atoms with Crippen molar-refractivity contribution in [3.05, 3.63) is 157 Å². The molecule has 10 aromatic rings. The molecule has 0 N–H and O–H groups in total. The molecule has 0 fully saturated rings. The highest BCUT2D eigenvalue weighted by Crippen LogP contribution is 2.53. The standard InChI is InChI=1S/C56H42O2/c1-55(2,3)45-29-43(32-20-21-35-37-15-9-12-31-13-10-18-48(51(31)37)58-50(35)28-32)39-24-26-42-46(56(4,5)6)30-44(40-25-27-41(45)53(39)54(40)42)33-22-23-38-34-14-7-8-17-47(34)57-49-19-11-16-36(33)52(38)49/h7-30H,1-6H3. The Morgan fingerprint density at radius 3 is 1.55 bits per heavy atom. The zero-order chi connectivity index (χ0) is 39.2. The number of benzene rings is 10. The van der Waals surface area contributed by atoms with Gasteiger partial charge in [0.2, 0.25) is 0 Å². The first-order valence-corrected chi connectivity index (χ1v) is 20.5.